The average molecular weight is 262 g/mol. The molecule has 1 aromatic carbocycles. The van der Waals surface area contributed by atoms with Gasteiger partial charge in [0.15, 0.2) is 0 Å². The van der Waals surface area contributed by atoms with Crippen LogP contribution >= 0.6 is 11.3 Å². The molecule has 2 aromatic rings. The average Bonchev–Trinajstić information content (AvgIpc) is 2.76. The van der Waals surface area contributed by atoms with Gasteiger partial charge in [0.1, 0.15) is 0 Å². The molecule has 0 aliphatic rings. The second kappa shape index (κ2) is 6.86. The van der Waals surface area contributed by atoms with Gasteiger partial charge in [-0.1, -0.05) is 26.0 Å². The molecule has 0 bridgehead atoms. The summed E-state index contributed by atoms with van der Waals surface area (Å²) < 4.78 is 1.31. The summed E-state index contributed by atoms with van der Waals surface area (Å²) in [4.78, 5) is 4.70. The van der Waals surface area contributed by atoms with Gasteiger partial charge in [0.05, 0.1) is 15.2 Å². The van der Waals surface area contributed by atoms with E-state index in [4.69, 9.17) is 4.98 Å². The standard InChI is InChI=1S/C15H22N2S/c1-3-9-16-10-8-12(2)11-15-17-13-6-4-5-7-14(13)18-15/h4-7,12,16H,3,8-11H2,1-2H3. The van der Waals surface area contributed by atoms with Crippen molar-refractivity contribution in [2.45, 2.75) is 33.1 Å². The maximum Gasteiger partial charge on any atom is 0.0941 e. The van der Waals surface area contributed by atoms with Gasteiger partial charge in [-0.15, -0.1) is 11.3 Å². The summed E-state index contributed by atoms with van der Waals surface area (Å²) in [7, 11) is 0. The highest BCUT2D eigenvalue weighted by Crippen LogP contribution is 2.24. The molecule has 0 saturated heterocycles. The Morgan fingerprint density at radius 2 is 2.11 bits per heavy atom. The van der Waals surface area contributed by atoms with E-state index in [0.717, 1.165) is 25.0 Å². The molecule has 18 heavy (non-hydrogen) atoms. The fourth-order valence-corrected chi connectivity index (χ4v) is 3.19. The van der Waals surface area contributed by atoms with E-state index in [1.54, 1.807) is 0 Å². The van der Waals surface area contributed by atoms with Crippen LogP contribution < -0.4 is 5.32 Å². The molecule has 1 N–H and O–H groups in total. The maximum absolute atomic E-state index is 4.70. The fourth-order valence-electron chi connectivity index (χ4n) is 2.06. The first-order valence-electron chi connectivity index (χ1n) is 6.84. The first kappa shape index (κ1) is 13.5. The van der Waals surface area contributed by atoms with E-state index in [1.165, 1.54) is 22.5 Å². The SMILES string of the molecule is CCCNCCC(C)Cc1nc2ccccc2s1. The molecule has 0 saturated carbocycles. The summed E-state index contributed by atoms with van der Waals surface area (Å²) in [6.07, 6.45) is 3.55. The normalized spacial score (nSPS) is 13.0. The van der Waals surface area contributed by atoms with Crippen molar-refractivity contribution in [3.63, 3.8) is 0 Å². The van der Waals surface area contributed by atoms with Crippen molar-refractivity contribution in [1.82, 2.24) is 10.3 Å². The minimum absolute atomic E-state index is 0.704. The monoisotopic (exact) mass is 262 g/mol. The van der Waals surface area contributed by atoms with Crippen LogP contribution in [0.4, 0.5) is 0 Å². The Kier molecular flexibility index (Phi) is 5.14. The van der Waals surface area contributed by atoms with Crippen LogP contribution in [0.5, 0.6) is 0 Å². The number of benzene rings is 1. The number of rotatable bonds is 7. The molecule has 1 heterocycles. The van der Waals surface area contributed by atoms with E-state index >= 15 is 0 Å². The molecule has 0 aliphatic heterocycles. The summed E-state index contributed by atoms with van der Waals surface area (Å²) >= 11 is 1.84. The highest BCUT2D eigenvalue weighted by molar-refractivity contribution is 7.18. The van der Waals surface area contributed by atoms with Crippen LogP contribution in [0.15, 0.2) is 24.3 Å². The Bertz CT molecular complexity index is 445. The van der Waals surface area contributed by atoms with Crippen molar-refractivity contribution in [2.75, 3.05) is 13.1 Å². The van der Waals surface area contributed by atoms with Crippen LogP contribution in [-0.4, -0.2) is 18.1 Å². The quantitative estimate of drug-likeness (QED) is 0.766. The van der Waals surface area contributed by atoms with E-state index in [9.17, 15) is 0 Å². The topological polar surface area (TPSA) is 24.9 Å². The van der Waals surface area contributed by atoms with Crippen molar-refractivity contribution in [1.29, 1.82) is 0 Å². The number of hydrogen-bond acceptors (Lipinski definition) is 3. The Morgan fingerprint density at radius 3 is 2.89 bits per heavy atom. The molecule has 0 aliphatic carbocycles. The zero-order valence-electron chi connectivity index (χ0n) is 11.3. The van der Waals surface area contributed by atoms with Crippen molar-refractivity contribution in [3.05, 3.63) is 29.3 Å². The Labute approximate surface area is 113 Å². The highest BCUT2D eigenvalue weighted by Gasteiger charge is 2.08. The third kappa shape index (κ3) is 3.79. The fraction of sp³-hybridized carbons (Fsp3) is 0.533. The Hall–Kier alpha value is -0.930. The molecule has 0 amide bonds. The number of aromatic nitrogens is 1. The van der Waals surface area contributed by atoms with Crippen LogP contribution in [-0.2, 0) is 6.42 Å². The molecule has 1 unspecified atom stereocenters. The number of fused-ring (bicyclic) bond motifs is 1. The Morgan fingerprint density at radius 1 is 1.28 bits per heavy atom. The summed E-state index contributed by atoms with van der Waals surface area (Å²) in [5.41, 5.74) is 1.15. The number of hydrogen-bond donors (Lipinski definition) is 1. The van der Waals surface area contributed by atoms with E-state index in [-0.39, 0.29) is 0 Å². The molecule has 2 nitrogen and oxygen atoms in total. The third-order valence-electron chi connectivity index (χ3n) is 3.10. The van der Waals surface area contributed by atoms with Gasteiger partial charge in [0, 0.05) is 6.42 Å². The summed E-state index contributed by atoms with van der Waals surface area (Å²) in [6.45, 7) is 6.78. The van der Waals surface area contributed by atoms with Gasteiger partial charge < -0.3 is 5.32 Å². The number of thiazole rings is 1. The van der Waals surface area contributed by atoms with Crippen molar-refractivity contribution >= 4 is 21.6 Å². The summed E-state index contributed by atoms with van der Waals surface area (Å²) in [5.74, 6) is 0.704. The van der Waals surface area contributed by atoms with Gasteiger partial charge in [-0.25, -0.2) is 4.98 Å². The molecule has 0 radical (unpaired) electrons. The largest absolute Gasteiger partial charge is 0.317 e. The van der Waals surface area contributed by atoms with E-state index in [0.29, 0.717) is 5.92 Å². The van der Waals surface area contributed by atoms with Crippen LogP contribution in [0.25, 0.3) is 10.2 Å². The van der Waals surface area contributed by atoms with Crippen molar-refractivity contribution < 1.29 is 0 Å². The summed E-state index contributed by atoms with van der Waals surface area (Å²) in [5, 5.41) is 4.74. The maximum atomic E-state index is 4.70. The van der Waals surface area contributed by atoms with Crippen molar-refractivity contribution in [2.24, 2.45) is 5.92 Å². The molecule has 2 rings (SSSR count). The smallest absolute Gasteiger partial charge is 0.0941 e. The zero-order chi connectivity index (χ0) is 12.8. The zero-order valence-corrected chi connectivity index (χ0v) is 12.1. The first-order valence-corrected chi connectivity index (χ1v) is 7.66. The predicted octanol–water partition coefficient (Wildman–Crippen LogP) is 3.86. The lowest BCUT2D eigenvalue weighted by molar-refractivity contribution is 0.498. The molecular weight excluding hydrogens is 240 g/mol. The molecular formula is C15H22N2S. The van der Waals surface area contributed by atoms with Gasteiger partial charge in [-0.2, -0.15) is 0 Å². The number of para-hydroxylation sites is 1. The molecule has 1 aromatic heterocycles. The minimum atomic E-state index is 0.704. The summed E-state index contributed by atoms with van der Waals surface area (Å²) in [6, 6.07) is 8.40. The van der Waals surface area contributed by atoms with Gasteiger partial charge in [-0.05, 0) is 44.0 Å². The van der Waals surface area contributed by atoms with Gasteiger partial charge in [0.2, 0.25) is 0 Å². The lowest BCUT2D eigenvalue weighted by atomic mass is 10.0. The van der Waals surface area contributed by atoms with Crippen molar-refractivity contribution in [3.8, 4) is 0 Å². The van der Waals surface area contributed by atoms with Crippen LogP contribution in [0.2, 0.25) is 0 Å². The molecule has 3 heteroatoms. The Balaban J connectivity index is 1.84. The first-order chi connectivity index (χ1) is 8.79. The second-order valence-electron chi connectivity index (χ2n) is 4.92. The molecule has 0 fully saturated rings. The van der Waals surface area contributed by atoms with Crippen LogP contribution in [0, 0.1) is 5.92 Å². The van der Waals surface area contributed by atoms with E-state index in [2.05, 4.69) is 43.4 Å². The van der Waals surface area contributed by atoms with Gasteiger partial charge >= 0.3 is 0 Å². The highest BCUT2D eigenvalue weighted by atomic mass is 32.1. The molecule has 1 atom stereocenters. The number of nitrogens with zero attached hydrogens (tertiary/aromatic N) is 1. The predicted molar refractivity (Wildman–Crippen MR) is 80.3 cm³/mol. The van der Waals surface area contributed by atoms with Crippen LogP contribution in [0.1, 0.15) is 31.7 Å². The molecule has 0 spiro atoms. The van der Waals surface area contributed by atoms with Gasteiger partial charge in [-0.3, -0.25) is 0 Å². The lowest BCUT2D eigenvalue weighted by Gasteiger charge is -2.09. The third-order valence-corrected chi connectivity index (χ3v) is 4.16. The lowest BCUT2D eigenvalue weighted by Crippen LogP contribution is -2.18. The molecule has 98 valence electrons. The second-order valence-corrected chi connectivity index (χ2v) is 6.04. The van der Waals surface area contributed by atoms with E-state index in [1.807, 2.05) is 11.3 Å². The number of nitrogens with one attached hydrogen (secondary N) is 1. The van der Waals surface area contributed by atoms with Crippen LogP contribution in [0.3, 0.4) is 0 Å². The van der Waals surface area contributed by atoms with Gasteiger partial charge in [0.25, 0.3) is 0 Å². The van der Waals surface area contributed by atoms with E-state index < -0.39 is 0 Å². The minimum Gasteiger partial charge on any atom is -0.317 e.